The van der Waals surface area contributed by atoms with Gasteiger partial charge in [-0.1, -0.05) is 0 Å². The lowest BCUT2D eigenvalue weighted by atomic mass is 10.1. The van der Waals surface area contributed by atoms with Crippen molar-refractivity contribution in [3.63, 3.8) is 0 Å². The Morgan fingerprint density at radius 2 is 1.59 bits per heavy atom. The molecule has 0 bridgehead atoms. The molecule has 0 aromatic heterocycles. The second-order valence-electron chi connectivity index (χ2n) is 4.23. The molecule has 0 saturated carbocycles. The van der Waals surface area contributed by atoms with Gasteiger partial charge in [0.2, 0.25) is 0 Å². The van der Waals surface area contributed by atoms with Gasteiger partial charge in [-0.2, -0.15) is 0 Å². The Bertz CT molecular complexity index is 419. The first-order chi connectivity index (χ1) is 7.97. The van der Waals surface area contributed by atoms with Crippen molar-refractivity contribution in [3.8, 4) is 0 Å². The van der Waals surface area contributed by atoms with Crippen LogP contribution in [0.1, 0.15) is 10.4 Å². The number of nitrogen functional groups attached to an aromatic ring is 2. The molecule has 6 N–H and O–H groups in total. The maximum Gasteiger partial charge on any atom is 0.254 e. The van der Waals surface area contributed by atoms with Crippen molar-refractivity contribution in [2.24, 2.45) is 0 Å². The molecular weight excluding hydrogens is 222 g/mol. The summed E-state index contributed by atoms with van der Waals surface area (Å²) in [4.78, 5) is 13.4. The van der Waals surface area contributed by atoms with Crippen LogP contribution in [0, 0.1) is 0 Å². The molecule has 17 heavy (non-hydrogen) atoms. The average Bonchev–Trinajstić information content (AvgIpc) is 2.57. The lowest BCUT2D eigenvalue weighted by Crippen LogP contribution is -2.29. The highest BCUT2D eigenvalue weighted by Crippen LogP contribution is 2.18. The smallest absolute Gasteiger partial charge is 0.254 e. The Balaban J connectivity index is 2.20. The molecule has 0 unspecified atom stereocenters. The highest BCUT2D eigenvalue weighted by molar-refractivity contribution is 5.96. The van der Waals surface area contributed by atoms with Crippen LogP contribution in [0.25, 0.3) is 0 Å². The highest BCUT2D eigenvalue weighted by atomic mass is 16.3. The highest BCUT2D eigenvalue weighted by Gasteiger charge is 2.32. The normalized spacial score (nSPS) is 24.0. The van der Waals surface area contributed by atoms with Crippen LogP contribution in [0.4, 0.5) is 11.4 Å². The minimum Gasteiger partial charge on any atom is -0.399 e. The molecule has 0 spiro atoms. The van der Waals surface area contributed by atoms with E-state index in [9.17, 15) is 15.0 Å². The number of nitrogens with zero attached hydrogens (tertiary/aromatic N) is 1. The van der Waals surface area contributed by atoms with E-state index in [0.717, 1.165) is 0 Å². The standard InChI is InChI=1S/C11H15N3O3/c12-7-1-6(2-8(13)3-7)11(17)14-4-9(15)10(16)5-14/h1-3,9-10,15-16H,4-5,12-13H2/t9-,10+. The average molecular weight is 237 g/mol. The van der Waals surface area contributed by atoms with Gasteiger partial charge < -0.3 is 26.6 Å². The molecule has 92 valence electrons. The Morgan fingerprint density at radius 3 is 2.06 bits per heavy atom. The number of carbonyl (C=O) groups excluding carboxylic acids is 1. The van der Waals surface area contributed by atoms with Crippen LogP contribution < -0.4 is 11.5 Å². The topological polar surface area (TPSA) is 113 Å². The zero-order valence-electron chi connectivity index (χ0n) is 9.21. The molecule has 1 aromatic rings. The SMILES string of the molecule is Nc1cc(N)cc(C(=O)N2C[C@@H](O)[C@@H](O)C2)c1. The summed E-state index contributed by atoms with van der Waals surface area (Å²) in [5.74, 6) is -0.292. The third-order valence-corrected chi connectivity index (χ3v) is 2.77. The summed E-state index contributed by atoms with van der Waals surface area (Å²) in [6.07, 6.45) is -1.78. The van der Waals surface area contributed by atoms with E-state index in [1.807, 2.05) is 0 Å². The summed E-state index contributed by atoms with van der Waals surface area (Å²) in [5, 5.41) is 18.8. The van der Waals surface area contributed by atoms with Crippen LogP contribution in [0.5, 0.6) is 0 Å². The predicted octanol–water partition coefficient (Wildman–Crippen LogP) is -0.971. The van der Waals surface area contributed by atoms with Crippen molar-refractivity contribution in [3.05, 3.63) is 23.8 Å². The molecule has 1 saturated heterocycles. The number of likely N-dealkylation sites (tertiary alicyclic amines) is 1. The zero-order chi connectivity index (χ0) is 12.6. The molecule has 1 amide bonds. The monoisotopic (exact) mass is 237 g/mol. The molecule has 6 nitrogen and oxygen atoms in total. The van der Waals surface area contributed by atoms with Gasteiger partial charge in [-0.15, -0.1) is 0 Å². The molecule has 0 radical (unpaired) electrons. The van der Waals surface area contributed by atoms with Gasteiger partial charge >= 0.3 is 0 Å². The number of β-amino-alcohol motifs (C(OH)–C–C–N with tert-alkyl or cyclic N) is 2. The Kier molecular flexibility index (Phi) is 2.91. The fourth-order valence-corrected chi connectivity index (χ4v) is 1.92. The van der Waals surface area contributed by atoms with E-state index >= 15 is 0 Å². The van der Waals surface area contributed by atoms with E-state index in [1.165, 1.54) is 17.0 Å². The first-order valence-corrected chi connectivity index (χ1v) is 5.29. The molecular formula is C11H15N3O3. The number of hydrogen-bond donors (Lipinski definition) is 4. The second kappa shape index (κ2) is 4.23. The Hall–Kier alpha value is -1.79. The van der Waals surface area contributed by atoms with Gasteiger partial charge in [0.25, 0.3) is 5.91 Å². The molecule has 1 aliphatic heterocycles. The number of aliphatic hydroxyl groups excluding tert-OH is 2. The largest absolute Gasteiger partial charge is 0.399 e. The Morgan fingerprint density at radius 1 is 1.12 bits per heavy atom. The minimum absolute atomic E-state index is 0.120. The maximum absolute atomic E-state index is 12.0. The van der Waals surface area contributed by atoms with E-state index in [0.29, 0.717) is 16.9 Å². The summed E-state index contributed by atoms with van der Waals surface area (Å²) in [7, 11) is 0. The van der Waals surface area contributed by atoms with Crippen molar-refractivity contribution in [2.45, 2.75) is 12.2 Å². The van der Waals surface area contributed by atoms with Crippen molar-refractivity contribution in [1.29, 1.82) is 0 Å². The molecule has 2 atom stereocenters. The summed E-state index contributed by atoms with van der Waals surface area (Å²) in [6, 6.07) is 4.61. The molecule has 6 heteroatoms. The van der Waals surface area contributed by atoms with E-state index in [-0.39, 0.29) is 19.0 Å². The number of benzene rings is 1. The molecule has 1 aliphatic rings. The molecule has 0 aliphatic carbocycles. The van der Waals surface area contributed by atoms with Gasteiger partial charge in [-0.25, -0.2) is 0 Å². The van der Waals surface area contributed by atoms with E-state index in [4.69, 9.17) is 11.5 Å². The van der Waals surface area contributed by atoms with Crippen LogP contribution in [-0.2, 0) is 0 Å². The number of carbonyl (C=O) groups is 1. The van der Waals surface area contributed by atoms with Gasteiger partial charge in [0.05, 0.1) is 12.2 Å². The number of hydrogen-bond acceptors (Lipinski definition) is 5. The molecule has 2 rings (SSSR count). The predicted molar refractivity (Wildman–Crippen MR) is 63.2 cm³/mol. The third kappa shape index (κ3) is 2.32. The van der Waals surface area contributed by atoms with Crippen molar-refractivity contribution in [2.75, 3.05) is 24.6 Å². The van der Waals surface area contributed by atoms with Gasteiger partial charge in [-0.05, 0) is 18.2 Å². The second-order valence-corrected chi connectivity index (χ2v) is 4.23. The summed E-state index contributed by atoms with van der Waals surface area (Å²) in [6.45, 7) is 0.239. The molecule has 1 fully saturated rings. The number of amides is 1. The first-order valence-electron chi connectivity index (χ1n) is 5.29. The summed E-state index contributed by atoms with van der Waals surface area (Å²) >= 11 is 0. The van der Waals surface area contributed by atoms with E-state index < -0.39 is 12.2 Å². The van der Waals surface area contributed by atoms with Crippen LogP contribution >= 0.6 is 0 Å². The van der Waals surface area contributed by atoms with E-state index in [2.05, 4.69) is 0 Å². The number of nitrogens with two attached hydrogens (primary N) is 2. The summed E-state index contributed by atoms with van der Waals surface area (Å²) < 4.78 is 0. The first kappa shape index (κ1) is 11.7. The van der Waals surface area contributed by atoms with Crippen LogP contribution in [0.2, 0.25) is 0 Å². The van der Waals surface area contributed by atoms with Crippen molar-refractivity contribution >= 4 is 17.3 Å². The fourth-order valence-electron chi connectivity index (χ4n) is 1.92. The van der Waals surface area contributed by atoms with Gasteiger partial charge in [0.15, 0.2) is 0 Å². The Labute approximate surface area is 98.4 Å². The lowest BCUT2D eigenvalue weighted by Gasteiger charge is -2.15. The zero-order valence-corrected chi connectivity index (χ0v) is 9.21. The number of anilines is 2. The number of rotatable bonds is 1. The minimum atomic E-state index is -0.891. The van der Waals surface area contributed by atoms with Gasteiger partial charge in [0, 0.05) is 30.0 Å². The van der Waals surface area contributed by atoms with E-state index in [1.54, 1.807) is 6.07 Å². The van der Waals surface area contributed by atoms with Crippen LogP contribution in [0.3, 0.4) is 0 Å². The number of aliphatic hydroxyl groups is 2. The van der Waals surface area contributed by atoms with Crippen molar-refractivity contribution < 1.29 is 15.0 Å². The quantitative estimate of drug-likeness (QED) is 0.469. The third-order valence-electron chi connectivity index (χ3n) is 2.77. The fraction of sp³-hybridized carbons (Fsp3) is 0.364. The van der Waals surface area contributed by atoms with Crippen LogP contribution in [0.15, 0.2) is 18.2 Å². The van der Waals surface area contributed by atoms with Gasteiger partial charge in [0.1, 0.15) is 0 Å². The molecule has 1 aromatic carbocycles. The summed E-state index contributed by atoms with van der Waals surface area (Å²) in [5.41, 5.74) is 12.4. The van der Waals surface area contributed by atoms with Gasteiger partial charge in [-0.3, -0.25) is 4.79 Å². The lowest BCUT2D eigenvalue weighted by molar-refractivity contribution is 0.0572. The van der Waals surface area contributed by atoms with Crippen LogP contribution in [-0.4, -0.2) is 46.3 Å². The molecule has 1 heterocycles. The van der Waals surface area contributed by atoms with Crippen molar-refractivity contribution in [1.82, 2.24) is 4.90 Å². The maximum atomic E-state index is 12.0.